The number of rotatable bonds is 8. The zero-order chi connectivity index (χ0) is 17.7. The lowest BCUT2D eigenvalue weighted by Gasteiger charge is -2.22. The first-order valence-corrected chi connectivity index (χ1v) is 8.85. The summed E-state index contributed by atoms with van der Waals surface area (Å²) in [6.07, 6.45) is 3.09. The minimum absolute atomic E-state index is 0.155. The van der Waals surface area contributed by atoms with E-state index in [2.05, 4.69) is 10.6 Å². The maximum absolute atomic E-state index is 12.5. The lowest BCUT2D eigenvalue weighted by atomic mass is 10.0. The summed E-state index contributed by atoms with van der Waals surface area (Å²) >= 11 is 0. The minimum Gasteiger partial charge on any atom is -0.464 e. The Morgan fingerprint density at radius 3 is 2.42 bits per heavy atom. The first-order chi connectivity index (χ1) is 11.4. The summed E-state index contributed by atoms with van der Waals surface area (Å²) < 4.78 is 9.92. The SMILES string of the molecule is CCOC(=O)[C@H]1O[C@@H]1C(=O)N[C@@H](CC(C)C)C(=O)NC1CCCC1. The molecule has 24 heavy (non-hydrogen) atoms. The number of carbonyl (C=O) groups is 3. The maximum Gasteiger partial charge on any atom is 0.338 e. The first-order valence-electron chi connectivity index (χ1n) is 8.85. The van der Waals surface area contributed by atoms with Crippen LogP contribution in [0.25, 0.3) is 0 Å². The molecule has 0 aromatic carbocycles. The summed E-state index contributed by atoms with van der Waals surface area (Å²) in [5.41, 5.74) is 0. The van der Waals surface area contributed by atoms with Crippen molar-refractivity contribution < 1.29 is 23.9 Å². The van der Waals surface area contributed by atoms with Crippen molar-refractivity contribution in [1.82, 2.24) is 10.6 Å². The van der Waals surface area contributed by atoms with Crippen LogP contribution < -0.4 is 10.6 Å². The molecule has 2 fully saturated rings. The van der Waals surface area contributed by atoms with Crippen LogP contribution in [0.2, 0.25) is 0 Å². The van der Waals surface area contributed by atoms with Gasteiger partial charge in [-0.25, -0.2) is 4.79 Å². The molecule has 0 radical (unpaired) electrons. The molecule has 0 aromatic heterocycles. The molecule has 1 aliphatic carbocycles. The Hall–Kier alpha value is -1.63. The van der Waals surface area contributed by atoms with Crippen LogP contribution in [-0.4, -0.2) is 48.7 Å². The highest BCUT2D eigenvalue weighted by molar-refractivity contribution is 5.95. The van der Waals surface area contributed by atoms with Crippen LogP contribution in [0, 0.1) is 5.92 Å². The van der Waals surface area contributed by atoms with Gasteiger partial charge in [0, 0.05) is 6.04 Å². The van der Waals surface area contributed by atoms with Crippen molar-refractivity contribution in [2.75, 3.05) is 6.61 Å². The van der Waals surface area contributed by atoms with Crippen LogP contribution in [0.1, 0.15) is 52.9 Å². The highest BCUT2D eigenvalue weighted by Gasteiger charge is 2.52. The standard InChI is InChI=1S/C17H28N2O5/c1-4-23-17(22)14-13(24-14)16(21)19-12(9-10(2)3)15(20)18-11-7-5-6-8-11/h10-14H,4-9H2,1-3H3,(H,18,20)(H,19,21)/t12-,13-,14-/m0/s1. The molecule has 0 aromatic rings. The van der Waals surface area contributed by atoms with Crippen LogP contribution in [-0.2, 0) is 23.9 Å². The molecule has 1 aliphatic heterocycles. The molecule has 7 nitrogen and oxygen atoms in total. The Morgan fingerprint density at radius 1 is 1.17 bits per heavy atom. The van der Waals surface area contributed by atoms with Gasteiger partial charge in [-0.2, -0.15) is 0 Å². The van der Waals surface area contributed by atoms with Gasteiger partial charge in [-0.3, -0.25) is 9.59 Å². The Kier molecular flexibility index (Phi) is 6.60. The van der Waals surface area contributed by atoms with Crippen molar-refractivity contribution in [2.24, 2.45) is 5.92 Å². The van der Waals surface area contributed by atoms with Crippen LogP contribution in [0.15, 0.2) is 0 Å². The van der Waals surface area contributed by atoms with E-state index in [-0.39, 0.29) is 24.5 Å². The number of carbonyl (C=O) groups excluding carboxylic acids is 3. The Bertz CT molecular complexity index is 474. The molecule has 3 atom stereocenters. The molecule has 2 N–H and O–H groups in total. The van der Waals surface area contributed by atoms with E-state index in [1.807, 2.05) is 13.8 Å². The Balaban J connectivity index is 1.87. The van der Waals surface area contributed by atoms with Gasteiger partial charge < -0.3 is 20.1 Å². The molecule has 1 saturated heterocycles. The monoisotopic (exact) mass is 340 g/mol. The van der Waals surface area contributed by atoms with Crippen LogP contribution in [0.5, 0.6) is 0 Å². The van der Waals surface area contributed by atoms with Crippen molar-refractivity contribution >= 4 is 17.8 Å². The fraction of sp³-hybridized carbons (Fsp3) is 0.824. The quantitative estimate of drug-likeness (QED) is 0.506. The van der Waals surface area contributed by atoms with E-state index in [1.54, 1.807) is 6.92 Å². The molecule has 2 rings (SSSR count). The summed E-state index contributed by atoms with van der Waals surface area (Å²) in [4.78, 5) is 36.2. The molecule has 2 amide bonds. The van der Waals surface area contributed by atoms with Gasteiger partial charge in [-0.1, -0.05) is 26.7 Å². The fourth-order valence-electron chi connectivity index (χ4n) is 3.04. The van der Waals surface area contributed by atoms with Crippen LogP contribution >= 0.6 is 0 Å². The predicted octanol–water partition coefficient (Wildman–Crippen LogP) is 0.907. The number of esters is 1. The summed E-state index contributed by atoms with van der Waals surface area (Å²) in [6.45, 7) is 5.93. The minimum atomic E-state index is -0.849. The second-order valence-corrected chi connectivity index (χ2v) is 6.91. The van der Waals surface area contributed by atoms with Crippen molar-refractivity contribution in [1.29, 1.82) is 0 Å². The summed E-state index contributed by atoms with van der Waals surface area (Å²) in [5.74, 6) is -0.864. The summed E-state index contributed by atoms with van der Waals surface area (Å²) in [5, 5.41) is 5.74. The third-order valence-corrected chi connectivity index (χ3v) is 4.31. The third-order valence-electron chi connectivity index (χ3n) is 4.31. The van der Waals surface area contributed by atoms with Gasteiger partial charge in [-0.05, 0) is 32.1 Å². The highest BCUT2D eigenvalue weighted by atomic mass is 16.6. The van der Waals surface area contributed by atoms with Crippen LogP contribution in [0.3, 0.4) is 0 Å². The van der Waals surface area contributed by atoms with Crippen molar-refractivity contribution in [3.63, 3.8) is 0 Å². The van der Waals surface area contributed by atoms with Gasteiger partial charge >= 0.3 is 5.97 Å². The van der Waals surface area contributed by atoms with Gasteiger partial charge in [0.05, 0.1) is 6.61 Å². The number of ether oxygens (including phenoxy) is 2. The number of hydrogen-bond donors (Lipinski definition) is 2. The lowest BCUT2D eigenvalue weighted by molar-refractivity contribution is -0.144. The van der Waals surface area contributed by atoms with E-state index in [0.717, 1.165) is 25.7 Å². The Morgan fingerprint density at radius 2 is 1.83 bits per heavy atom. The molecule has 1 saturated carbocycles. The predicted molar refractivity (Wildman–Crippen MR) is 87.1 cm³/mol. The molecule has 1 heterocycles. The average molecular weight is 340 g/mol. The Labute approximate surface area is 142 Å². The van der Waals surface area contributed by atoms with E-state index in [0.29, 0.717) is 6.42 Å². The molecule has 2 aliphatic rings. The number of epoxide rings is 1. The smallest absolute Gasteiger partial charge is 0.338 e. The van der Waals surface area contributed by atoms with E-state index in [1.165, 1.54) is 0 Å². The normalized spacial score (nSPS) is 24.5. The maximum atomic E-state index is 12.5. The van der Waals surface area contributed by atoms with Gasteiger partial charge in [0.15, 0.2) is 12.2 Å². The highest BCUT2D eigenvalue weighted by Crippen LogP contribution is 2.24. The molecular formula is C17H28N2O5. The van der Waals surface area contributed by atoms with Gasteiger partial charge in [0.25, 0.3) is 5.91 Å². The number of amides is 2. The van der Waals surface area contributed by atoms with Gasteiger partial charge in [-0.15, -0.1) is 0 Å². The molecule has 0 unspecified atom stereocenters. The largest absolute Gasteiger partial charge is 0.464 e. The first kappa shape index (κ1) is 18.7. The lowest BCUT2D eigenvalue weighted by Crippen LogP contribution is -2.51. The zero-order valence-electron chi connectivity index (χ0n) is 14.7. The number of hydrogen-bond acceptors (Lipinski definition) is 5. The average Bonchev–Trinajstić information content (AvgIpc) is 3.17. The second-order valence-electron chi connectivity index (χ2n) is 6.91. The van der Waals surface area contributed by atoms with Gasteiger partial charge in [0.1, 0.15) is 6.04 Å². The van der Waals surface area contributed by atoms with Crippen LogP contribution in [0.4, 0.5) is 0 Å². The molecule has 7 heteroatoms. The summed E-state index contributed by atoms with van der Waals surface area (Å²) in [7, 11) is 0. The van der Waals surface area contributed by atoms with E-state index in [4.69, 9.17) is 9.47 Å². The zero-order valence-corrected chi connectivity index (χ0v) is 14.7. The molecular weight excluding hydrogens is 312 g/mol. The van der Waals surface area contributed by atoms with Crippen molar-refractivity contribution in [2.45, 2.75) is 77.2 Å². The molecule has 0 spiro atoms. The topological polar surface area (TPSA) is 97.0 Å². The molecule has 136 valence electrons. The van der Waals surface area contributed by atoms with Crippen molar-refractivity contribution in [3.05, 3.63) is 0 Å². The molecule has 0 bridgehead atoms. The fourth-order valence-corrected chi connectivity index (χ4v) is 3.04. The van der Waals surface area contributed by atoms with Gasteiger partial charge in [0.2, 0.25) is 5.91 Å². The van der Waals surface area contributed by atoms with E-state index < -0.39 is 30.1 Å². The second kappa shape index (κ2) is 8.46. The van der Waals surface area contributed by atoms with E-state index in [9.17, 15) is 14.4 Å². The number of nitrogens with one attached hydrogen (secondary N) is 2. The third kappa shape index (κ3) is 5.19. The summed E-state index contributed by atoms with van der Waals surface area (Å²) in [6, 6.07) is -0.404. The van der Waals surface area contributed by atoms with E-state index >= 15 is 0 Å². The van der Waals surface area contributed by atoms with Crippen molar-refractivity contribution in [3.8, 4) is 0 Å².